The van der Waals surface area contributed by atoms with Crippen LogP contribution in [0.3, 0.4) is 0 Å². The molecular formula is C19H20FN3O2. The van der Waals surface area contributed by atoms with Crippen LogP contribution in [0.4, 0.5) is 10.1 Å². The Morgan fingerprint density at radius 1 is 1.32 bits per heavy atom. The van der Waals surface area contributed by atoms with Crippen LogP contribution in [0.15, 0.2) is 30.6 Å². The maximum Gasteiger partial charge on any atom is 0.227 e. The van der Waals surface area contributed by atoms with Crippen LogP contribution < -0.4 is 10.2 Å². The lowest BCUT2D eigenvalue weighted by atomic mass is 9.93. The van der Waals surface area contributed by atoms with Gasteiger partial charge in [-0.05, 0) is 29.7 Å². The van der Waals surface area contributed by atoms with Gasteiger partial charge in [-0.3, -0.25) is 14.6 Å². The number of aryl methyl sites for hydroxylation is 1. The highest BCUT2D eigenvalue weighted by molar-refractivity contribution is 6.00. The van der Waals surface area contributed by atoms with E-state index in [-0.39, 0.29) is 11.8 Å². The van der Waals surface area contributed by atoms with E-state index >= 15 is 0 Å². The zero-order valence-electron chi connectivity index (χ0n) is 14.3. The average molecular weight is 341 g/mol. The predicted molar refractivity (Wildman–Crippen MR) is 93.5 cm³/mol. The minimum atomic E-state index is -0.392. The minimum Gasteiger partial charge on any atom is -0.352 e. The number of fused-ring (bicyclic) bond motifs is 1. The summed E-state index contributed by atoms with van der Waals surface area (Å²) in [6.07, 6.45) is 4.65. The van der Waals surface area contributed by atoms with E-state index < -0.39 is 5.82 Å². The first kappa shape index (κ1) is 17.1. The highest BCUT2D eigenvalue weighted by atomic mass is 19.1. The van der Waals surface area contributed by atoms with Gasteiger partial charge in [0.1, 0.15) is 5.82 Å². The van der Waals surface area contributed by atoms with Crippen LogP contribution in [0, 0.1) is 5.82 Å². The van der Waals surface area contributed by atoms with Gasteiger partial charge in [0.15, 0.2) is 0 Å². The second-order valence-corrected chi connectivity index (χ2v) is 6.10. The van der Waals surface area contributed by atoms with Crippen molar-refractivity contribution < 1.29 is 14.0 Å². The van der Waals surface area contributed by atoms with Crippen molar-refractivity contribution in [2.75, 3.05) is 11.9 Å². The van der Waals surface area contributed by atoms with Crippen LogP contribution in [0.25, 0.3) is 11.1 Å². The summed E-state index contributed by atoms with van der Waals surface area (Å²) >= 11 is 0. The van der Waals surface area contributed by atoms with Crippen LogP contribution in [0.5, 0.6) is 0 Å². The van der Waals surface area contributed by atoms with Gasteiger partial charge in [0.05, 0.1) is 5.69 Å². The highest BCUT2D eigenvalue weighted by Gasteiger charge is 2.26. The van der Waals surface area contributed by atoms with E-state index in [1.54, 1.807) is 38.5 Å². The molecule has 0 saturated carbocycles. The van der Waals surface area contributed by atoms with Gasteiger partial charge >= 0.3 is 0 Å². The number of hydrogen-bond acceptors (Lipinski definition) is 3. The Hall–Kier alpha value is -2.76. The molecule has 1 aromatic heterocycles. The van der Waals surface area contributed by atoms with Gasteiger partial charge in [0.25, 0.3) is 0 Å². The van der Waals surface area contributed by atoms with Crippen molar-refractivity contribution >= 4 is 17.5 Å². The smallest absolute Gasteiger partial charge is 0.227 e. The summed E-state index contributed by atoms with van der Waals surface area (Å²) in [4.78, 5) is 29.2. The maximum absolute atomic E-state index is 14.6. The fourth-order valence-corrected chi connectivity index (χ4v) is 3.05. The molecule has 2 heterocycles. The minimum absolute atomic E-state index is 0.0290. The molecular weight excluding hydrogens is 321 g/mol. The number of benzene rings is 1. The Balaban J connectivity index is 2.02. The molecule has 0 bridgehead atoms. The lowest BCUT2D eigenvalue weighted by molar-refractivity contribution is -0.121. The normalized spacial score (nSPS) is 13.6. The third-order valence-electron chi connectivity index (χ3n) is 4.42. The van der Waals surface area contributed by atoms with Crippen LogP contribution >= 0.6 is 0 Å². The van der Waals surface area contributed by atoms with E-state index in [9.17, 15) is 14.0 Å². The van der Waals surface area contributed by atoms with Crippen LogP contribution in [-0.2, 0) is 22.6 Å². The molecule has 2 aromatic rings. The topological polar surface area (TPSA) is 62.3 Å². The largest absolute Gasteiger partial charge is 0.352 e. The Kier molecular flexibility index (Phi) is 4.79. The van der Waals surface area contributed by atoms with Gasteiger partial charge in [-0.15, -0.1) is 0 Å². The first-order valence-corrected chi connectivity index (χ1v) is 8.30. The van der Waals surface area contributed by atoms with Crippen LogP contribution in [0.2, 0.25) is 0 Å². The number of nitrogens with one attached hydrogen (secondary N) is 1. The highest BCUT2D eigenvalue weighted by Crippen LogP contribution is 2.39. The van der Waals surface area contributed by atoms with Gasteiger partial charge in [-0.1, -0.05) is 13.0 Å². The van der Waals surface area contributed by atoms with E-state index in [1.807, 2.05) is 0 Å². The molecule has 3 rings (SSSR count). The lowest BCUT2D eigenvalue weighted by Gasteiger charge is -2.28. The lowest BCUT2D eigenvalue weighted by Crippen LogP contribution is -2.31. The Bertz CT molecular complexity index is 835. The van der Waals surface area contributed by atoms with E-state index in [0.717, 1.165) is 11.1 Å². The monoisotopic (exact) mass is 341 g/mol. The summed E-state index contributed by atoms with van der Waals surface area (Å²) in [5, 5.41) is 2.78. The molecule has 25 heavy (non-hydrogen) atoms. The number of pyridine rings is 1. The number of hydrogen-bond donors (Lipinski definition) is 1. The van der Waals surface area contributed by atoms with E-state index in [2.05, 4.69) is 10.3 Å². The Morgan fingerprint density at radius 2 is 2.12 bits per heavy atom. The molecule has 1 aliphatic rings. The Labute approximate surface area is 145 Å². The van der Waals surface area contributed by atoms with Crippen molar-refractivity contribution in [1.29, 1.82) is 0 Å². The van der Waals surface area contributed by atoms with Crippen molar-refractivity contribution in [3.8, 4) is 11.1 Å². The van der Waals surface area contributed by atoms with Gasteiger partial charge in [-0.2, -0.15) is 0 Å². The maximum atomic E-state index is 14.6. The number of carbonyl (C=O) groups is 2. The molecule has 0 fully saturated rings. The zero-order valence-corrected chi connectivity index (χ0v) is 14.3. The third kappa shape index (κ3) is 3.38. The molecule has 1 N–H and O–H groups in total. The van der Waals surface area contributed by atoms with Crippen molar-refractivity contribution in [2.24, 2.45) is 0 Å². The van der Waals surface area contributed by atoms with Gasteiger partial charge in [0.2, 0.25) is 11.8 Å². The number of rotatable bonds is 4. The second kappa shape index (κ2) is 7.01. The number of amides is 2. The molecule has 0 atom stereocenters. The van der Waals surface area contributed by atoms with Crippen LogP contribution in [0.1, 0.15) is 30.9 Å². The van der Waals surface area contributed by atoms with Gasteiger partial charge in [0, 0.05) is 50.0 Å². The van der Waals surface area contributed by atoms with E-state index in [1.165, 1.54) is 11.0 Å². The SMILES string of the molecule is CCC(=O)NCc1cncc(-c2c(F)ccc3c2N(C)C(=O)CC3)c1. The Morgan fingerprint density at radius 3 is 2.88 bits per heavy atom. The average Bonchev–Trinajstić information content (AvgIpc) is 2.63. The molecule has 0 saturated heterocycles. The quantitative estimate of drug-likeness (QED) is 0.930. The zero-order chi connectivity index (χ0) is 18.0. The predicted octanol–water partition coefficient (Wildman–Crippen LogP) is 2.82. The standard InChI is InChI=1S/C19H20FN3O2/c1-3-16(24)22-10-12-8-14(11-21-9-12)18-15(20)6-4-13-5-7-17(25)23(2)19(13)18/h4,6,8-9,11H,3,5,7,10H2,1-2H3,(H,22,24). The van der Waals surface area contributed by atoms with E-state index in [4.69, 9.17) is 0 Å². The number of anilines is 1. The number of aromatic nitrogens is 1. The molecule has 1 aromatic carbocycles. The van der Waals surface area contributed by atoms with E-state index in [0.29, 0.717) is 42.6 Å². The molecule has 0 radical (unpaired) electrons. The summed E-state index contributed by atoms with van der Waals surface area (Å²) in [7, 11) is 1.67. The number of carbonyl (C=O) groups excluding carboxylic acids is 2. The molecule has 130 valence electrons. The fraction of sp³-hybridized carbons (Fsp3) is 0.316. The molecule has 0 aliphatic carbocycles. The molecule has 5 nitrogen and oxygen atoms in total. The molecule has 1 aliphatic heterocycles. The second-order valence-electron chi connectivity index (χ2n) is 6.10. The first-order chi connectivity index (χ1) is 12.0. The summed E-state index contributed by atoms with van der Waals surface area (Å²) < 4.78 is 14.6. The van der Waals surface area contributed by atoms with Crippen molar-refractivity contribution in [1.82, 2.24) is 10.3 Å². The fourth-order valence-electron chi connectivity index (χ4n) is 3.05. The van der Waals surface area contributed by atoms with Crippen molar-refractivity contribution in [3.63, 3.8) is 0 Å². The first-order valence-electron chi connectivity index (χ1n) is 8.30. The third-order valence-corrected chi connectivity index (χ3v) is 4.42. The number of nitrogens with zero attached hydrogens (tertiary/aromatic N) is 2. The van der Waals surface area contributed by atoms with Crippen molar-refractivity contribution in [2.45, 2.75) is 32.7 Å². The van der Waals surface area contributed by atoms with Crippen LogP contribution in [-0.4, -0.2) is 23.8 Å². The molecule has 0 unspecified atom stereocenters. The number of halogens is 1. The molecule has 2 amide bonds. The summed E-state index contributed by atoms with van der Waals surface area (Å²) in [6, 6.07) is 4.97. The summed E-state index contributed by atoms with van der Waals surface area (Å²) in [5.74, 6) is -0.477. The summed E-state index contributed by atoms with van der Waals surface area (Å²) in [5.41, 5.74) is 3.31. The molecule has 6 heteroatoms. The van der Waals surface area contributed by atoms with Gasteiger partial charge < -0.3 is 10.2 Å². The molecule has 0 spiro atoms. The summed E-state index contributed by atoms with van der Waals surface area (Å²) in [6.45, 7) is 2.11. The van der Waals surface area contributed by atoms with Crippen molar-refractivity contribution in [3.05, 3.63) is 47.5 Å². The van der Waals surface area contributed by atoms with Gasteiger partial charge in [-0.25, -0.2) is 4.39 Å².